The van der Waals surface area contributed by atoms with E-state index in [0.717, 1.165) is 10.9 Å². The van der Waals surface area contributed by atoms with Gasteiger partial charge in [0.2, 0.25) is 0 Å². The van der Waals surface area contributed by atoms with Gasteiger partial charge >= 0.3 is 0 Å². The number of allylic oxidation sites excluding steroid dienone is 4. The first kappa shape index (κ1) is 10.3. The molecule has 86 valence electrons. The summed E-state index contributed by atoms with van der Waals surface area (Å²) >= 11 is 0. The standard InChI is InChI=1S/C14H11F2N/c15-10-4-3-7-14(16,8-10)12-9-17-13-6-2-1-5-11(12)13/h1-7,9,17H,8H2. The molecule has 1 aromatic carbocycles. The lowest BCUT2D eigenvalue weighted by atomic mass is 9.88. The third kappa shape index (κ3) is 1.58. The summed E-state index contributed by atoms with van der Waals surface area (Å²) in [7, 11) is 0. The number of H-pyrrole nitrogens is 1. The van der Waals surface area contributed by atoms with Crippen LogP contribution < -0.4 is 0 Å². The number of rotatable bonds is 1. The van der Waals surface area contributed by atoms with Crippen molar-refractivity contribution in [2.45, 2.75) is 12.1 Å². The maximum absolute atomic E-state index is 14.7. The predicted molar refractivity (Wildman–Crippen MR) is 64.0 cm³/mol. The van der Waals surface area contributed by atoms with Crippen molar-refractivity contribution in [2.24, 2.45) is 0 Å². The molecule has 1 unspecified atom stereocenters. The first-order valence-corrected chi connectivity index (χ1v) is 5.48. The molecule has 0 bridgehead atoms. The highest BCUT2D eigenvalue weighted by Crippen LogP contribution is 2.40. The van der Waals surface area contributed by atoms with Crippen molar-refractivity contribution >= 4 is 10.9 Å². The molecule has 1 N–H and O–H groups in total. The number of aromatic nitrogens is 1. The van der Waals surface area contributed by atoms with Crippen LogP contribution in [0.4, 0.5) is 8.78 Å². The van der Waals surface area contributed by atoms with Gasteiger partial charge in [-0.2, -0.15) is 0 Å². The van der Waals surface area contributed by atoms with Gasteiger partial charge in [-0.15, -0.1) is 0 Å². The van der Waals surface area contributed by atoms with E-state index in [1.54, 1.807) is 6.20 Å². The molecule has 0 saturated carbocycles. The van der Waals surface area contributed by atoms with Crippen molar-refractivity contribution in [3.05, 3.63) is 60.1 Å². The van der Waals surface area contributed by atoms with Gasteiger partial charge in [-0.05, 0) is 18.2 Å². The van der Waals surface area contributed by atoms with Crippen LogP contribution in [0.15, 0.2) is 54.5 Å². The van der Waals surface area contributed by atoms with Crippen molar-refractivity contribution in [3.63, 3.8) is 0 Å². The Morgan fingerprint density at radius 2 is 2.06 bits per heavy atom. The molecule has 1 atom stereocenters. The maximum Gasteiger partial charge on any atom is 0.162 e. The molecule has 0 fully saturated rings. The molecule has 0 amide bonds. The second kappa shape index (κ2) is 3.55. The molecule has 17 heavy (non-hydrogen) atoms. The van der Waals surface area contributed by atoms with E-state index in [1.807, 2.05) is 24.3 Å². The van der Waals surface area contributed by atoms with E-state index in [1.165, 1.54) is 18.2 Å². The Morgan fingerprint density at radius 1 is 1.24 bits per heavy atom. The van der Waals surface area contributed by atoms with E-state index in [4.69, 9.17) is 0 Å². The summed E-state index contributed by atoms with van der Waals surface area (Å²) in [6, 6.07) is 7.44. The zero-order chi connectivity index (χ0) is 11.9. The minimum Gasteiger partial charge on any atom is -0.361 e. The second-order valence-corrected chi connectivity index (χ2v) is 4.26. The van der Waals surface area contributed by atoms with Gasteiger partial charge in [-0.3, -0.25) is 0 Å². The van der Waals surface area contributed by atoms with Crippen molar-refractivity contribution in [3.8, 4) is 0 Å². The lowest BCUT2D eigenvalue weighted by Gasteiger charge is -2.22. The average molecular weight is 231 g/mol. The van der Waals surface area contributed by atoms with Gasteiger partial charge in [0, 0.05) is 29.1 Å². The van der Waals surface area contributed by atoms with Gasteiger partial charge in [0.15, 0.2) is 5.67 Å². The molecule has 0 spiro atoms. The molecule has 0 radical (unpaired) electrons. The Morgan fingerprint density at radius 3 is 2.88 bits per heavy atom. The van der Waals surface area contributed by atoms with Crippen molar-refractivity contribution in [1.82, 2.24) is 4.98 Å². The Bertz CT molecular complexity index is 624. The Kier molecular flexibility index (Phi) is 2.15. The number of hydrogen-bond donors (Lipinski definition) is 1. The predicted octanol–water partition coefficient (Wildman–Crippen LogP) is 4.15. The van der Waals surface area contributed by atoms with Gasteiger partial charge in [0.25, 0.3) is 0 Å². The fourth-order valence-electron chi connectivity index (χ4n) is 2.27. The summed E-state index contributed by atoms with van der Waals surface area (Å²) in [4.78, 5) is 3.01. The smallest absolute Gasteiger partial charge is 0.162 e. The van der Waals surface area contributed by atoms with Gasteiger partial charge in [-0.25, -0.2) is 8.78 Å². The fourth-order valence-corrected chi connectivity index (χ4v) is 2.27. The third-order valence-electron chi connectivity index (χ3n) is 3.10. The summed E-state index contributed by atoms with van der Waals surface area (Å²) in [5, 5.41) is 0.800. The monoisotopic (exact) mass is 231 g/mol. The zero-order valence-corrected chi connectivity index (χ0v) is 9.08. The fraction of sp³-hybridized carbons (Fsp3) is 0.143. The van der Waals surface area contributed by atoms with Crippen LogP contribution in [0.3, 0.4) is 0 Å². The molecule has 1 heterocycles. The van der Waals surface area contributed by atoms with Gasteiger partial charge < -0.3 is 4.98 Å². The van der Waals surface area contributed by atoms with Crippen LogP contribution in [0.25, 0.3) is 10.9 Å². The summed E-state index contributed by atoms with van der Waals surface area (Å²) in [5.41, 5.74) is -0.395. The van der Waals surface area contributed by atoms with E-state index in [9.17, 15) is 8.78 Å². The van der Waals surface area contributed by atoms with Crippen molar-refractivity contribution in [1.29, 1.82) is 0 Å². The average Bonchev–Trinajstić information content (AvgIpc) is 2.72. The minimum atomic E-state index is -1.75. The number of nitrogens with one attached hydrogen (secondary N) is 1. The molecule has 2 aromatic rings. The van der Waals surface area contributed by atoms with E-state index < -0.39 is 11.5 Å². The van der Waals surface area contributed by atoms with Crippen LogP contribution in [0.5, 0.6) is 0 Å². The molecule has 0 aliphatic heterocycles. The molecule has 3 rings (SSSR count). The molecule has 1 aliphatic rings. The maximum atomic E-state index is 14.7. The number of aromatic amines is 1. The SMILES string of the molecule is FC1=CC=CC(F)(c2c[nH]c3ccccc23)C1. The number of benzene rings is 1. The van der Waals surface area contributed by atoms with E-state index >= 15 is 0 Å². The van der Waals surface area contributed by atoms with E-state index in [-0.39, 0.29) is 6.42 Å². The summed E-state index contributed by atoms with van der Waals surface area (Å²) < 4.78 is 28.0. The van der Waals surface area contributed by atoms with Gasteiger partial charge in [0.05, 0.1) is 0 Å². The Balaban J connectivity index is 2.16. The quantitative estimate of drug-likeness (QED) is 0.759. The first-order valence-electron chi connectivity index (χ1n) is 5.48. The van der Waals surface area contributed by atoms with Gasteiger partial charge in [0.1, 0.15) is 5.83 Å². The minimum absolute atomic E-state index is 0.231. The van der Waals surface area contributed by atoms with Crippen molar-refractivity contribution in [2.75, 3.05) is 0 Å². The third-order valence-corrected chi connectivity index (χ3v) is 3.10. The Labute approximate surface area is 97.5 Å². The first-order chi connectivity index (χ1) is 8.19. The second-order valence-electron chi connectivity index (χ2n) is 4.26. The summed E-state index contributed by atoms with van der Waals surface area (Å²) in [6.07, 6.45) is 5.53. The van der Waals surface area contributed by atoms with Crippen molar-refractivity contribution < 1.29 is 8.78 Å². The number of hydrogen-bond acceptors (Lipinski definition) is 0. The van der Waals surface area contributed by atoms with Gasteiger partial charge in [-0.1, -0.05) is 24.3 Å². The van der Waals surface area contributed by atoms with E-state index in [0.29, 0.717) is 5.56 Å². The number of para-hydroxylation sites is 1. The largest absolute Gasteiger partial charge is 0.361 e. The lowest BCUT2D eigenvalue weighted by Crippen LogP contribution is -2.18. The van der Waals surface area contributed by atoms with E-state index in [2.05, 4.69) is 4.98 Å². The normalized spacial score (nSPS) is 24.0. The van der Waals surface area contributed by atoms with Crippen LogP contribution in [0, 0.1) is 0 Å². The number of fused-ring (bicyclic) bond motifs is 1. The zero-order valence-electron chi connectivity index (χ0n) is 9.08. The van der Waals surface area contributed by atoms with Crippen LogP contribution in [-0.2, 0) is 5.67 Å². The number of alkyl halides is 1. The lowest BCUT2D eigenvalue weighted by molar-refractivity contribution is 0.219. The molecule has 1 nitrogen and oxygen atoms in total. The highest BCUT2D eigenvalue weighted by Gasteiger charge is 2.34. The number of halogens is 2. The molecule has 3 heteroatoms. The van der Waals surface area contributed by atoms with Crippen LogP contribution in [0.1, 0.15) is 12.0 Å². The molecule has 1 aromatic heterocycles. The highest BCUT2D eigenvalue weighted by molar-refractivity contribution is 5.84. The molecule has 0 saturated heterocycles. The molecular formula is C14H11F2N. The van der Waals surface area contributed by atoms with Crippen LogP contribution in [-0.4, -0.2) is 4.98 Å². The van der Waals surface area contributed by atoms with Crippen LogP contribution >= 0.6 is 0 Å². The topological polar surface area (TPSA) is 15.8 Å². The molecular weight excluding hydrogens is 220 g/mol. The summed E-state index contributed by atoms with van der Waals surface area (Å²) in [5.74, 6) is -0.430. The molecule has 1 aliphatic carbocycles. The van der Waals surface area contributed by atoms with Crippen LogP contribution in [0.2, 0.25) is 0 Å². The Hall–Kier alpha value is -1.90. The highest BCUT2D eigenvalue weighted by atomic mass is 19.1. The summed E-state index contributed by atoms with van der Waals surface area (Å²) in [6.45, 7) is 0.